The van der Waals surface area contributed by atoms with E-state index in [4.69, 9.17) is 35.3 Å². The molecule has 2 fully saturated rings. The van der Waals surface area contributed by atoms with Crippen molar-refractivity contribution in [3.8, 4) is 5.75 Å². The number of aliphatic hydroxyl groups is 1. The van der Waals surface area contributed by atoms with Gasteiger partial charge in [0.05, 0.1) is 25.3 Å². The molecule has 0 aliphatic carbocycles. The normalized spacial score (nSPS) is 32.3. The van der Waals surface area contributed by atoms with Crippen molar-refractivity contribution in [1.82, 2.24) is 10.2 Å². The number of epoxide rings is 1. The number of halogens is 1. The van der Waals surface area contributed by atoms with Crippen LogP contribution in [-0.4, -0.2) is 110 Å². The van der Waals surface area contributed by atoms with E-state index in [0.717, 1.165) is 11.1 Å². The summed E-state index contributed by atoms with van der Waals surface area (Å²) < 4.78 is 29.0. The SMILES string of the molecule is COc1cc2cc(c1Cl)N(C)C(=O)C[C@H](OC(=O)[C@H](C)N(C)C(=O)CCS)[C@]1(C)O[C@H]1[C@H](C)[C@@H]1C[C@@](O)(NC(=O)O1)[C@H](OC)/C=C\C=C(/C)C2. The summed E-state index contributed by atoms with van der Waals surface area (Å²) in [6.07, 6.45) is 1.08. The van der Waals surface area contributed by atoms with Gasteiger partial charge in [-0.25, -0.2) is 9.59 Å². The summed E-state index contributed by atoms with van der Waals surface area (Å²) in [6, 6.07) is 2.60. The Morgan fingerprint density at radius 1 is 1.28 bits per heavy atom. The number of likely N-dealkylation sites (N-methyl/N-ethyl adjacent to an activating group) is 1. The number of hydrogen-bond donors (Lipinski definition) is 3. The number of rotatable bonds is 7. The Morgan fingerprint density at radius 3 is 2.62 bits per heavy atom. The van der Waals surface area contributed by atoms with E-state index in [2.05, 4.69) is 17.9 Å². The Labute approximate surface area is 303 Å². The monoisotopic (exact) mass is 737 g/mol. The molecular formula is C35H48ClN3O10S. The highest BCUT2D eigenvalue weighted by Gasteiger charge is 2.64. The van der Waals surface area contributed by atoms with E-state index >= 15 is 0 Å². The summed E-state index contributed by atoms with van der Waals surface area (Å²) in [7, 11) is 5.98. The van der Waals surface area contributed by atoms with Gasteiger partial charge in [-0.05, 0) is 50.6 Å². The second kappa shape index (κ2) is 15.9. The van der Waals surface area contributed by atoms with Crippen molar-refractivity contribution >= 4 is 53.8 Å². The van der Waals surface area contributed by atoms with E-state index in [1.807, 2.05) is 13.0 Å². The summed E-state index contributed by atoms with van der Waals surface area (Å²) in [4.78, 5) is 55.6. The molecular weight excluding hydrogens is 690 g/mol. The van der Waals surface area contributed by atoms with Crippen LogP contribution in [0.2, 0.25) is 5.02 Å². The minimum atomic E-state index is -1.82. The van der Waals surface area contributed by atoms with E-state index in [0.29, 0.717) is 23.6 Å². The first-order valence-electron chi connectivity index (χ1n) is 16.4. The van der Waals surface area contributed by atoms with Crippen LogP contribution >= 0.6 is 24.2 Å². The van der Waals surface area contributed by atoms with Gasteiger partial charge in [-0.3, -0.25) is 14.9 Å². The number of esters is 1. The smallest absolute Gasteiger partial charge is 0.409 e. The molecule has 3 amide bonds. The molecule has 3 aliphatic rings. The van der Waals surface area contributed by atoms with Gasteiger partial charge in [0, 0.05) is 40.0 Å². The molecule has 4 bridgehead atoms. The van der Waals surface area contributed by atoms with Crippen molar-refractivity contribution in [3.05, 3.63) is 46.5 Å². The zero-order valence-corrected chi connectivity index (χ0v) is 31.4. The number of fused-ring (bicyclic) bond motifs is 5. The van der Waals surface area contributed by atoms with Gasteiger partial charge in [0.15, 0.2) is 5.72 Å². The van der Waals surface area contributed by atoms with Gasteiger partial charge in [-0.15, -0.1) is 0 Å². The highest BCUT2D eigenvalue weighted by Crippen LogP contribution is 2.49. The number of nitrogens with one attached hydrogen (secondary N) is 1. The van der Waals surface area contributed by atoms with Crippen LogP contribution in [0, 0.1) is 5.92 Å². The zero-order valence-electron chi connectivity index (χ0n) is 29.7. The highest BCUT2D eigenvalue weighted by molar-refractivity contribution is 7.80. The minimum absolute atomic E-state index is 0.0489. The standard InChI is InChI=1S/C35H48ClN3O10S/c1-19-10-9-11-26(46-8)35(44)18-25(47-33(43)37-35)20(2)31-34(4,49-31)27(48-32(42)21(3)38(5)28(40)12-13-50)17-29(41)39(6)23-15-22(14-19)16-24(45-7)30(23)36/h9-11,15-16,20-21,25-27,31,44,50H,12-14,17-18H2,1-8H3,(H,37,43)/b11-9-,19-10+/t20-,21+,25+,26-,27+,31+,34+,35+/m1/s1. The van der Waals surface area contributed by atoms with Gasteiger partial charge in [0.25, 0.3) is 0 Å². The molecule has 8 atom stereocenters. The topological polar surface area (TPSA) is 156 Å². The number of nitrogens with zero attached hydrogens (tertiary/aromatic N) is 2. The van der Waals surface area contributed by atoms with Crippen molar-refractivity contribution in [2.24, 2.45) is 5.92 Å². The van der Waals surface area contributed by atoms with Crippen LogP contribution in [0.15, 0.2) is 35.9 Å². The van der Waals surface area contributed by atoms with Gasteiger partial charge in [0.2, 0.25) is 11.8 Å². The van der Waals surface area contributed by atoms with Crippen LogP contribution in [0.5, 0.6) is 5.75 Å². The number of ether oxygens (including phenoxy) is 5. The maximum absolute atomic E-state index is 14.0. The molecule has 2 saturated heterocycles. The number of alkyl carbamates (subject to hydrolysis) is 1. The highest BCUT2D eigenvalue weighted by atomic mass is 35.5. The number of methoxy groups -OCH3 is 2. The Balaban J connectivity index is 1.78. The van der Waals surface area contributed by atoms with Crippen LogP contribution in [0.25, 0.3) is 0 Å². The first kappa shape index (κ1) is 39.5. The molecule has 3 heterocycles. The molecule has 0 aromatic heterocycles. The number of carbonyl (C=O) groups is 4. The van der Waals surface area contributed by atoms with E-state index in [-0.39, 0.29) is 30.2 Å². The van der Waals surface area contributed by atoms with E-state index in [1.54, 1.807) is 45.2 Å². The average molecular weight is 738 g/mol. The molecule has 0 radical (unpaired) electrons. The van der Waals surface area contributed by atoms with Crippen molar-refractivity contribution in [2.45, 2.75) is 95.2 Å². The third-order valence-electron chi connectivity index (χ3n) is 9.85. The van der Waals surface area contributed by atoms with Crippen molar-refractivity contribution in [1.29, 1.82) is 0 Å². The van der Waals surface area contributed by atoms with Crippen LogP contribution in [0.1, 0.15) is 52.5 Å². The van der Waals surface area contributed by atoms with Crippen molar-refractivity contribution < 1.29 is 48.0 Å². The lowest BCUT2D eigenvalue weighted by Gasteiger charge is -2.42. The molecule has 13 nitrogen and oxygen atoms in total. The lowest BCUT2D eigenvalue weighted by atomic mass is 9.83. The lowest BCUT2D eigenvalue weighted by Crippen LogP contribution is -2.63. The third kappa shape index (κ3) is 8.42. The number of allylic oxidation sites excluding steroid dienone is 3. The lowest BCUT2D eigenvalue weighted by molar-refractivity contribution is -0.161. The fourth-order valence-corrected chi connectivity index (χ4v) is 6.99. The third-order valence-corrected chi connectivity index (χ3v) is 10.5. The fourth-order valence-electron chi connectivity index (χ4n) is 6.49. The van der Waals surface area contributed by atoms with Gasteiger partial charge >= 0.3 is 12.1 Å². The Kier molecular flexibility index (Phi) is 12.6. The number of thiol groups is 1. The quantitative estimate of drug-likeness (QED) is 0.214. The molecule has 2 N–H and O–H groups in total. The van der Waals surface area contributed by atoms with Crippen molar-refractivity contribution in [3.63, 3.8) is 0 Å². The van der Waals surface area contributed by atoms with E-state index in [9.17, 15) is 24.3 Å². The summed E-state index contributed by atoms with van der Waals surface area (Å²) in [5.41, 5.74) is -0.903. The van der Waals surface area contributed by atoms with Crippen molar-refractivity contribution in [2.75, 3.05) is 39.0 Å². The summed E-state index contributed by atoms with van der Waals surface area (Å²) in [6.45, 7) is 6.96. The second-order valence-corrected chi connectivity index (χ2v) is 14.2. The molecule has 276 valence electrons. The average Bonchev–Trinajstić information content (AvgIpc) is 3.76. The predicted octanol–water partition coefficient (Wildman–Crippen LogP) is 3.83. The van der Waals surface area contributed by atoms with Crippen LogP contribution in [0.3, 0.4) is 0 Å². The number of amides is 3. The molecule has 1 aromatic carbocycles. The zero-order chi connectivity index (χ0) is 37.1. The van der Waals surface area contributed by atoms with E-state index in [1.165, 1.54) is 38.0 Å². The van der Waals surface area contributed by atoms with Crippen LogP contribution in [0.4, 0.5) is 10.5 Å². The van der Waals surface area contributed by atoms with Gasteiger partial charge in [-0.2, -0.15) is 12.6 Å². The van der Waals surface area contributed by atoms with Crippen LogP contribution < -0.4 is 15.0 Å². The number of benzene rings is 1. The predicted molar refractivity (Wildman–Crippen MR) is 189 cm³/mol. The molecule has 0 spiro atoms. The maximum Gasteiger partial charge on any atom is 0.409 e. The van der Waals surface area contributed by atoms with Gasteiger partial charge in [0.1, 0.15) is 40.7 Å². The maximum atomic E-state index is 14.0. The second-order valence-electron chi connectivity index (χ2n) is 13.4. The number of hydrogen-bond acceptors (Lipinski definition) is 11. The molecule has 3 aliphatic heterocycles. The first-order valence-corrected chi connectivity index (χ1v) is 17.5. The molecule has 0 unspecified atom stereocenters. The molecule has 1 aromatic rings. The largest absolute Gasteiger partial charge is 0.495 e. The Hall–Kier alpha value is -3.30. The molecule has 15 heteroatoms. The molecule has 4 rings (SSSR count). The summed E-state index contributed by atoms with van der Waals surface area (Å²) >= 11 is 10.8. The molecule has 0 saturated carbocycles. The molecule has 50 heavy (non-hydrogen) atoms. The van der Waals surface area contributed by atoms with Gasteiger partial charge < -0.3 is 38.6 Å². The summed E-state index contributed by atoms with van der Waals surface area (Å²) in [5, 5.41) is 14.4. The Bertz CT molecular complexity index is 1540. The Morgan fingerprint density at radius 2 is 1.98 bits per heavy atom. The number of carbonyl (C=O) groups excluding carboxylic acids is 4. The van der Waals surface area contributed by atoms with Crippen LogP contribution in [-0.2, 0) is 39.8 Å². The first-order chi connectivity index (χ1) is 23.5. The number of anilines is 1. The summed E-state index contributed by atoms with van der Waals surface area (Å²) in [5.74, 6) is -1.30. The fraction of sp³-hybridized carbons (Fsp3) is 0.600. The van der Waals surface area contributed by atoms with Gasteiger partial charge in [-0.1, -0.05) is 42.3 Å². The minimum Gasteiger partial charge on any atom is -0.495 e. The van der Waals surface area contributed by atoms with E-state index < -0.39 is 65.7 Å².